The highest BCUT2D eigenvalue weighted by atomic mass is 16.5. The lowest BCUT2D eigenvalue weighted by atomic mass is 9.89. The Hall–Kier alpha value is -2.61. The van der Waals surface area contributed by atoms with Crippen LogP contribution in [0.1, 0.15) is 23.5 Å². The van der Waals surface area contributed by atoms with E-state index in [1.807, 2.05) is 30.3 Å². The Bertz CT molecular complexity index is 869. The van der Waals surface area contributed by atoms with Crippen molar-refractivity contribution in [3.05, 3.63) is 83.9 Å². The molecule has 0 spiro atoms. The van der Waals surface area contributed by atoms with Gasteiger partial charge in [-0.2, -0.15) is 0 Å². The van der Waals surface area contributed by atoms with E-state index in [-0.39, 0.29) is 11.9 Å². The van der Waals surface area contributed by atoms with Crippen molar-refractivity contribution in [1.29, 1.82) is 0 Å². The van der Waals surface area contributed by atoms with E-state index in [0.717, 1.165) is 17.4 Å². The van der Waals surface area contributed by atoms with E-state index in [4.69, 9.17) is 4.74 Å². The van der Waals surface area contributed by atoms with Crippen LogP contribution in [0.15, 0.2) is 72.8 Å². The van der Waals surface area contributed by atoms with E-state index >= 15 is 0 Å². The lowest BCUT2D eigenvalue weighted by Gasteiger charge is -2.16. The van der Waals surface area contributed by atoms with Crippen LogP contribution in [0.4, 0.5) is 0 Å². The minimum absolute atomic E-state index is 0.137. The Labute approximate surface area is 135 Å². The van der Waals surface area contributed by atoms with E-state index < -0.39 is 5.41 Å². The fourth-order valence-corrected chi connectivity index (χ4v) is 3.66. The topological polar surface area (TPSA) is 26.3 Å². The minimum atomic E-state index is -0.542. The maximum atomic E-state index is 12.6. The molecule has 2 heteroatoms. The number of fused-ring (bicyclic) bond motifs is 1. The molecule has 0 radical (unpaired) electrons. The number of ether oxygens (including phenoxy) is 1. The monoisotopic (exact) mass is 302 g/mol. The van der Waals surface area contributed by atoms with Gasteiger partial charge in [-0.3, -0.25) is 4.79 Å². The SMILES string of the molecule is COC(=O)[C@]1(c2ccc3ccccc3c2)C[C@H]1c1ccccc1. The summed E-state index contributed by atoms with van der Waals surface area (Å²) in [6.07, 6.45) is 0.808. The Morgan fingerprint density at radius 1 is 0.957 bits per heavy atom. The van der Waals surface area contributed by atoms with Crippen molar-refractivity contribution in [2.24, 2.45) is 0 Å². The van der Waals surface area contributed by atoms with Gasteiger partial charge in [-0.15, -0.1) is 0 Å². The van der Waals surface area contributed by atoms with E-state index in [2.05, 4.69) is 42.5 Å². The maximum absolute atomic E-state index is 12.6. The average Bonchev–Trinajstić information content (AvgIpc) is 3.38. The lowest BCUT2D eigenvalue weighted by molar-refractivity contribution is -0.143. The third kappa shape index (κ3) is 2.14. The van der Waals surface area contributed by atoms with Crippen LogP contribution in [-0.4, -0.2) is 13.1 Å². The van der Waals surface area contributed by atoms with Crippen molar-refractivity contribution in [2.45, 2.75) is 17.8 Å². The van der Waals surface area contributed by atoms with E-state index in [0.29, 0.717) is 0 Å². The number of esters is 1. The van der Waals surface area contributed by atoms with Crippen LogP contribution in [0.2, 0.25) is 0 Å². The number of hydrogen-bond donors (Lipinski definition) is 0. The standard InChI is InChI=1S/C21H18O2/c1-23-20(22)21(14-19(21)16-8-3-2-4-9-16)18-12-11-15-7-5-6-10-17(15)13-18/h2-13,19H,14H2,1H3/t19-,21-/m0/s1. The van der Waals surface area contributed by atoms with Gasteiger partial charge in [-0.05, 0) is 34.4 Å². The zero-order valence-electron chi connectivity index (χ0n) is 13.0. The Kier molecular flexibility index (Phi) is 3.19. The first-order valence-corrected chi connectivity index (χ1v) is 7.88. The van der Waals surface area contributed by atoms with Crippen LogP contribution < -0.4 is 0 Å². The largest absolute Gasteiger partial charge is 0.468 e. The van der Waals surface area contributed by atoms with Gasteiger partial charge in [0, 0.05) is 5.92 Å². The molecule has 0 heterocycles. The molecule has 114 valence electrons. The molecule has 1 fully saturated rings. The van der Waals surface area contributed by atoms with E-state index in [1.165, 1.54) is 18.1 Å². The summed E-state index contributed by atoms with van der Waals surface area (Å²) in [6.45, 7) is 0. The van der Waals surface area contributed by atoms with Crippen LogP contribution >= 0.6 is 0 Å². The van der Waals surface area contributed by atoms with Crippen LogP contribution in [0.3, 0.4) is 0 Å². The number of rotatable bonds is 3. The number of methoxy groups -OCH3 is 1. The van der Waals surface area contributed by atoms with Crippen molar-refractivity contribution < 1.29 is 9.53 Å². The molecule has 0 aliphatic heterocycles. The van der Waals surface area contributed by atoms with Crippen molar-refractivity contribution in [3.63, 3.8) is 0 Å². The summed E-state index contributed by atoms with van der Waals surface area (Å²) in [4.78, 5) is 12.6. The number of benzene rings is 3. The molecule has 0 unspecified atom stereocenters. The maximum Gasteiger partial charge on any atom is 0.316 e. The quantitative estimate of drug-likeness (QED) is 0.669. The lowest BCUT2D eigenvalue weighted by Crippen LogP contribution is -2.24. The molecule has 0 N–H and O–H groups in total. The van der Waals surface area contributed by atoms with Gasteiger partial charge in [0.15, 0.2) is 0 Å². The number of carbonyl (C=O) groups is 1. The molecule has 3 aromatic rings. The fraction of sp³-hybridized carbons (Fsp3) is 0.190. The van der Waals surface area contributed by atoms with Crippen molar-refractivity contribution in [3.8, 4) is 0 Å². The summed E-state index contributed by atoms with van der Waals surface area (Å²) >= 11 is 0. The molecule has 23 heavy (non-hydrogen) atoms. The van der Waals surface area contributed by atoms with Gasteiger partial charge in [0.2, 0.25) is 0 Å². The van der Waals surface area contributed by atoms with Crippen LogP contribution in [0.5, 0.6) is 0 Å². The summed E-state index contributed by atoms with van der Waals surface area (Å²) in [5.41, 5.74) is 1.71. The second kappa shape index (κ2) is 5.24. The molecular weight excluding hydrogens is 284 g/mol. The van der Waals surface area contributed by atoms with Crippen LogP contribution in [0.25, 0.3) is 10.8 Å². The summed E-state index contributed by atoms with van der Waals surface area (Å²) in [6, 6.07) is 24.8. The zero-order chi connectivity index (χ0) is 15.9. The third-order valence-electron chi connectivity index (χ3n) is 4.98. The smallest absolute Gasteiger partial charge is 0.316 e. The predicted molar refractivity (Wildman–Crippen MR) is 91.4 cm³/mol. The third-order valence-corrected chi connectivity index (χ3v) is 4.98. The summed E-state index contributed by atoms with van der Waals surface area (Å²) < 4.78 is 5.16. The normalized spacial score (nSPS) is 22.7. The summed E-state index contributed by atoms with van der Waals surface area (Å²) in [5.74, 6) is 0.0546. The molecule has 0 aromatic heterocycles. The second-order valence-electron chi connectivity index (χ2n) is 6.19. The molecule has 0 bridgehead atoms. The highest BCUT2D eigenvalue weighted by Crippen LogP contribution is 2.61. The molecule has 4 rings (SSSR count). The van der Waals surface area contributed by atoms with Crippen LogP contribution in [0, 0.1) is 0 Å². The first kappa shape index (κ1) is 14.0. The number of carbonyl (C=O) groups excluding carboxylic acids is 1. The van der Waals surface area contributed by atoms with Gasteiger partial charge < -0.3 is 4.74 Å². The molecule has 0 amide bonds. The molecule has 2 nitrogen and oxygen atoms in total. The van der Waals surface area contributed by atoms with Crippen molar-refractivity contribution in [1.82, 2.24) is 0 Å². The zero-order valence-corrected chi connectivity index (χ0v) is 13.0. The Morgan fingerprint density at radius 3 is 2.39 bits per heavy atom. The highest BCUT2D eigenvalue weighted by Gasteiger charge is 2.62. The summed E-state index contributed by atoms with van der Waals surface area (Å²) in [5, 5.41) is 2.35. The molecule has 3 aromatic carbocycles. The van der Waals surface area contributed by atoms with Gasteiger partial charge in [-0.25, -0.2) is 0 Å². The van der Waals surface area contributed by atoms with Gasteiger partial charge in [0.05, 0.1) is 7.11 Å². The van der Waals surface area contributed by atoms with Gasteiger partial charge in [0.1, 0.15) is 5.41 Å². The molecule has 0 saturated heterocycles. The molecule has 1 aliphatic rings. The van der Waals surface area contributed by atoms with Gasteiger partial charge >= 0.3 is 5.97 Å². The number of hydrogen-bond acceptors (Lipinski definition) is 2. The Balaban J connectivity index is 1.82. The second-order valence-corrected chi connectivity index (χ2v) is 6.19. The Morgan fingerprint density at radius 2 is 1.65 bits per heavy atom. The fourth-order valence-electron chi connectivity index (χ4n) is 3.66. The van der Waals surface area contributed by atoms with E-state index in [9.17, 15) is 4.79 Å². The predicted octanol–water partition coefficient (Wildman–Crippen LogP) is 4.44. The highest BCUT2D eigenvalue weighted by molar-refractivity contribution is 5.92. The van der Waals surface area contributed by atoms with Crippen molar-refractivity contribution >= 4 is 16.7 Å². The molecule has 1 saturated carbocycles. The average molecular weight is 302 g/mol. The van der Waals surface area contributed by atoms with Crippen LogP contribution in [-0.2, 0) is 14.9 Å². The molecular formula is C21H18O2. The minimum Gasteiger partial charge on any atom is -0.468 e. The molecule has 1 aliphatic carbocycles. The van der Waals surface area contributed by atoms with Gasteiger partial charge in [0.25, 0.3) is 0 Å². The van der Waals surface area contributed by atoms with E-state index in [1.54, 1.807) is 0 Å². The first-order chi connectivity index (χ1) is 11.3. The summed E-state index contributed by atoms with van der Waals surface area (Å²) in [7, 11) is 1.48. The van der Waals surface area contributed by atoms with Crippen molar-refractivity contribution in [2.75, 3.05) is 7.11 Å². The van der Waals surface area contributed by atoms with Gasteiger partial charge in [-0.1, -0.05) is 66.7 Å². The first-order valence-electron chi connectivity index (χ1n) is 7.88. The molecule has 2 atom stereocenters.